The molecule has 1 N–H and O–H groups in total. The number of imidazole rings is 1. The molecule has 1 aromatic heterocycles. The molecule has 0 amide bonds. The Balaban J connectivity index is 1.95. The van der Waals surface area contributed by atoms with Crippen molar-refractivity contribution in [3.05, 3.63) is 17.2 Å². The van der Waals surface area contributed by atoms with Gasteiger partial charge < -0.3 is 14.6 Å². The first-order valence-corrected chi connectivity index (χ1v) is 7.27. The van der Waals surface area contributed by atoms with E-state index < -0.39 is 0 Å². The molecule has 1 fully saturated rings. The first kappa shape index (κ1) is 12.2. The third-order valence-corrected chi connectivity index (χ3v) is 3.97. The molecule has 0 aromatic carbocycles. The highest BCUT2D eigenvalue weighted by Gasteiger charge is 2.25. The maximum Gasteiger partial charge on any atom is 0.109 e. The SMILES string of the molecule is CCCc1nc2c(n1C1CCCOC1)CCNC2. The zero-order valence-corrected chi connectivity index (χ0v) is 11.2. The summed E-state index contributed by atoms with van der Waals surface area (Å²) in [4.78, 5) is 4.86. The number of ether oxygens (including phenoxy) is 1. The minimum Gasteiger partial charge on any atom is -0.379 e. The van der Waals surface area contributed by atoms with Gasteiger partial charge in [0.15, 0.2) is 0 Å². The van der Waals surface area contributed by atoms with Crippen LogP contribution in [-0.4, -0.2) is 29.3 Å². The van der Waals surface area contributed by atoms with Gasteiger partial charge in [0.25, 0.3) is 0 Å². The molecule has 3 heterocycles. The molecule has 1 atom stereocenters. The van der Waals surface area contributed by atoms with Crippen molar-refractivity contribution in [2.24, 2.45) is 0 Å². The predicted octanol–water partition coefficient (Wildman–Crippen LogP) is 1.83. The topological polar surface area (TPSA) is 39.1 Å². The van der Waals surface area contributed by atoms with Crippen LogP contribution in [0.2, 0.25) is 0 Å². The van der Waals surface area contributed by atoms with Gasteiger partial charge in [-0.05, 0) is 19.3 Å². The van der Waals surface area contributed by atoms with E-state index in [0.29, 0.717) is 6.04 Å². The second-order valence-corrected chi connectivity index (χ2v) is 5.34. The lowest BCUT2D eigenvalue weighted by atomic mass is 10.1. The van der Waals surface area contributed by atoms with Crippen molar-refractivity contribution in [1.29, 1.82) is 0 Å². The molecule has 4 heteroatoms. The third-order valence-electron chi connectivity index (χ3n) is 3.97. The fraction of sp³-hybridized carbons (Fsp3) is 0.786. The quantitative estimate of drug-likeness (QED) is 0.888. The maximum absolute atomic E-state index is 5.67. The van der Waals surface area contributed by atoms with E-state index in [9.17, 15) is 0 Å². The van der Waals surface area contributed by atoms with E-state index >= 15 is 0 Å². The van der Waals surface area contributed by atoms with Crippen molar-refractivity contribution in [2.45, 2.75) is 51.6 Å². The van der Waals surface area contributed by atoms with Crippen LogP contribution in [0.4, 0.5) is 0 Å². The Morgan fingerprint density at radius 2 is 2.44 bits per heavy atom. The van der Waals surface area contributed by atoms with Crippen LogP contribution in [0.25, 0.3) is 0 Å². The zero-order chi connectivity index (χ0) is 12.4. The van der Waals surface area contributed by atoms with E-state index in [1.54, 1.807) is 0 Å². The molecule has 0 bridgehead atoms. The molecule has 0 aliphatic carbocycles. The van der Waals surface area contributed by atoms with Gasteiger partial charge in [0.05, 0.1) is 18.3 Å². The van der Waals surface area contributed by atoms with Crippen LogP contribution in [0.15, 0.2) is 0 Å². The van der Waals surface area contributed by atoms with Crippen LogP contribution in [0.5, 0.6) is 0 Å². The molecule has 18 heavy (non-hydrogen) atoms. The largest absolute Gasteiger partial charge is 0.379 e. The Hall–Kier alpha value is -0.870. The van der Waals surface area contributed by atoms with Crippen LogP contribution in [0, 0.1) is 0 Å². The summed E-state index contributed by atoms with van der Waals surface area (Å²) in [5.74, 6) is 1.28. The van der Waals surface area contributed by atoms with E-state index in [0.717, 1.165) is 45.6 Å². The van der Waals surface area contributed by atoms with Crippen LogP contribution >= 0.6 is 0 Å². The molecule has 0 radical (unpaired) electrons. The maximum atomic E-state index is 5.67. The van der Waals surface area contributed by atoms with Crippen molar-refractivity contribution in [3.8, 4) is 0 Å². The molecule has 1 saturated heterocycles. The highest BCUT2D eigenvalue weighted by Crippen LogP contribution is 2.27. The van der Waals surface area contributed by atoms with Crippen LogP contribution in [0.3, 0.4) is 0 Å². The number of nitrogens with one attached hydrogen (secondary N) is 1. The molecule has 1 aromatic rings. The Kier molecular flexibility index (Phi) is 3.66. The number of rotatable bonds is 3. The van der Waals surface area contributed by atoms with Gasteiger partial charge in [-0.2, -0.15) is 0 Å². The smallest absolute Gasteiger partial charge is 0.109 e. The second-order valence-electron chi connectivity index (χ2n) is 5.34. The lowest BCUT2D eigenvalue weighted by molar-refractivity contribution is 0.0571. The number of nitrogens with zero attached hydrogens (tertiary/aromatic N) is 2. The highest BCUT2D eigenvalue weighted by atomic mass is 16.5. The van der Waals surface area contributed by atoms with Gasteiger partial charge in [0.1, 0.15) is 5.82 Å². The fourth-order valence-corrected chi connectivity index (χ4v) is 3.15. The van der Waals surface area contributed by atoms with Crippen LogP contribution in [0.1, 0.15) is 49.4 Å². The summed E-state index contributed by atoms with van der Waals surface area (Å²) in [5, 5.41) is 3.42. The summed E-state index contributed by atoms with van der Waals surface area (Å²) < 4.78 is 8.18. The summed E-state index contributed by atoms with van der Waals surface area (Å²) in [6.45, 7) is 6.04. The second kappa shape index (κ2) is 5.41. The van der Waals surface area contributed by atoms with E-state index in [2.05, 4.69) is 16.8 Å². The monoisotopic (exact) mass is 249 g/mol. The molecule has 0 saturated carbocycles. The van der Waals surface area contributed by atoms with Gasteiger partial charge in [-0.1, -0.05) is 6.92 Å². The average molecular weight is 249 g/mol. The molecule has 2 aliphatic rings. The molecule has 1 unspecified atom stereocenters. The first-order valence-electron chi connectivity index (χ1n) is 7.27. The summed E-state index contributed by atoms with van der Waals surface area (Å²) in [7, 11) is 0. The van der Waals surface area contributed by atoms with Gasteiger partial charge in [0.2, 0.25) is 0 Å². The Morgan fingerprint density at radius 3 is 3.22 bits per heavy atom. The molecular formula is C14H23N3O. The van der Waals surface area contributed by atoms with Gasteiger partial charge in [-0.3, -0.25) is 0 Å². The zero-order valence-electron chi connectivity index (χ0n) is 11.2. The predicted molar refractivity (Wildman–Crippen MR) is 70.7 cm³/mol. The van der Waals surface area contributed by atoms with Crippen molar-refractivity contribution < 1.29 is 4.74 Å². The van der Waals surface area contributed by atoms with Crippen LogP contribution < -0.4 is 5.32 Å². The molecular weight excluding hydrogens is 226 g/mol. The molecule has 100 valence electrons. The lowest BCUT2D eigenvalue weighted by Gasteiger charge is -2.28. The van der Waals surface area contributed by atoms with E-state index in [1.807, 2.05) is 0 Å². The highest BCUT2D eigenvalue weighted by molar-refractivity contribution is 5.21. The van der Waals surface area contributed by atoms with Gasteiger partial charge in [0, 0.05) is 38.2 Å². The Labute approximate surface area is 109 Å². The number of aryl methyl sites for hydroxylation is 1. The molecule has 0 spiro atoms. The Morgan fingerprint density at radius 1 is 1.50 bits per heavy atom. The van der Waals surface area contributed by atoms with Crippen molar-refractivity contribution in [2.75, 3.05) is 19.8 Å². The van der Waals surface area contributed by atoms with Crippen molar-refractivity contribution >= 4 is 0 Å². The summed E-state index contributed by atoms with van der Waals surface area (Å²) in [6, 6.07) is 0.523. The normalized spacial score (nSPS) is 23.9. The standard InChI is InChI=1S/C14H23N3O/c1-2-4-14-16-12-9-15-7-6-13(12)17(14)11-5-3-8-18-10-11/h11,15H,2-10H2,1H3. The van der Waals surface area contributed by atoms with Crippen molar-refractivity contribution in [1.82, 2.24) is 14.9 Å². The first-order chi connectivity index (χ1) is 8.90. The van der Waals surface area contributed by atoms with Gasteiger partial charge in [-0.15, -0.1) is 0 Å². The van der Waals surface area contributed by atoms with Crippen LogP contribution in [-0.2, 0) is 24.1 Å². The number of fused-ring (bicyclic) bond motifs is 1. The lowest BCUT2D eigenvalue weighted by Crippen LogP contribution is -2.29. The average Bonchev–Trinajstić information content (AvgIpc) is 2.78. The van der Waals surface area contributed by atoms with Gasteiger partial charge >= 0.3 is 0 Å². The number of hydrogen-bond donors (Lipinski definition) is 1. The van der Waals surface area contributed by atoms with E-state index in [-0.39, 0.29) is 0 Å². The number of hydrogen-bond acceptors (Lipinski definition) is 3. The minimum atomic E-state index is 0.523. The summed E-state index contributed by atoms with van der Waals surface area (Å²) in [5.41, 5.74) is 2.74. The summed E-state index contributed by atoms with van der Waals surface area (Å²) >= 11 is 0. The fourth-order valence-electron chi connectivity index (χ4n) is 3.15. The molecule has 3 rings (SSSR count). The molecule has 2 aliphatic heterocycles. The minimum absolute atomic E-state index is 0.523. The van der Waals surface area contributed by atoms with Gasteiger partial charge in [-0.25, -0.2) is 4.98 Å². The van der Waals surface area contributed by atoms with Crippen molar-refractivity contribution in [3.63, 3.8) is 0 Å². The Bertz CT molecular complexity index is 407. The number of aromatic nitrogens is 2. The van der Waals surface area contributed by atoms with E-state index in [1.165, 1.54) is 30.1 Å². The summed E-state index contributed by atoms with van der Waals surface area (Å²) in [6.07, 6.45) is 5.79. The molecule has 4 nitrogen and oxygen atoms in total. The third kappa shape index (κ3) is 2.19. The van der Waals surface area contributed by atoms with E-state index in [4.69, 9.17) is 9.72 Å².